The molecule has 0 aromatic rings. The zero-order valence-electron chi connectivity index (χ0n) is 20.6. The minimum atomic E-state index is 0. The van der Waals surface area contributed by atoms with Crippen LogP contribution in [0.5, 0.6) is 0 Å². The number of hydrogen-bond donors (Lipinski definition) is 0. The van der Waals surface area contributed by atoms with Crippen LogP contribution in [0, 0.1) is 10.8 Å². The molecule has 0 saturated carbocycles. The Bertz CT molecular complexity index is 342. The van der Waals surface area contributed by atoms with Gasteiger partial charge in [0.25, 0.3) is 0 Å². The van der Waals surface area contributed by atoms with Gasteiger partial charge < -0.3 is 9.59 Å². The van der Waals surface area contributed by atoms with Gasteiger partial charge in [0.2, 0.25) is 0 Å². The molecule has 0 fully saturated rings. The maximum atomic E-state index is 10.6. The summed E-state index contributed by atoms with van der Waals surface area (Å²) < 4.78 is 0. The lowest BCUT2D eigenvalue weighted by Crippen LogP contribution is -2.04. The number of hydrogen-bond acceptors (Lipinski definition) is 2. The van der Waals surface area contributed by atoms with Crippen LogP contribution >= 0.6 is 0 Å². The van der Waals surface area contributed by atoms with Crippen molar-refractivity contribution in [2.24, 2.45) is 10.8 Å². The lowest BCUT2D eigenvalue weighted by molar-refractivity contribution is -0.118. The third-order valence-electron chi connectivity index (χ3n) is 4.16. The topological polar surface area (TPSA) is 34.1 Å². The van der Waals surface area contributed by atoms with Crippen molar-refractivity contribution in [3.05, 3.63) is 0 Å². The van der Waals surface area contributed by atoms with Gasteiger partial charge in [-0.25, -0.2) is 0 Å². The summed E-state index contributed by atoms with van der Waals surface area (Å²) in [5, 5.41) is 0. The molecular weight excluding hydrogens is 344 g/mol. The van der Waals surface area contributed by atoms with Gasteiger partial charge in [0.1, 0.15) is 11.6 Å². The number of rotatable bonds is 11. The first-order valence-electron chi connectivity index (χ1n) is 11.3. The molecular formula is C26H56O2. The maximum absolute atomic E-state index is 10.6. The number of carbonyl (C=O) groups is 2. The Morgan fingerprint density at radius 3 is 1.04 bits per heavy atom. The third-order valence-corrected chi connectivity index (χ3v) is 4.16. The van der Waals surface area contributed by atoms with E-state index in [4.69, 9.17) is 0 Å². The minimum absolute atomic E-state index is 0. The fraction of sp³-hybridized carbons (Fsp3) is 0.923. The van der Waals surface area contributed by atoms with Crippen LogP contribution in [0.1, 0.15) is 147 Å². The molecule has 0 N–H and O–H groups in total. The molecule has 0 amide bonds. The second-order valence-corrected chi connectivity index (χ2v) is 10.0. The molecule has 28 heavy (non-hydrogen) atoms. The Morgan fingerprint density at radius 2 is 0.786 bits per heavy atom. The lowest BCUT2D eigenvalue weighted by atomic mass is 9.89. The van der Waals surface area contributed by atoms with E-state index in [1.54, 1.807) is 13.8 Å². The molecule has 0 atom stereocenters. The zero-order valence-corrected chi connectivity index (χ0v) is 20.6. The van der Waals surface area contributed by atoms with E-state index in [1.165, 1.54) is 44.9 Å². The molecule has 0 aromatic carbocycles. The molecule has 0 spiro atoms. The van der Waals surface area contributed by atoms with Crippen molar-refractivity contribution in [2.75, 3.05) is 0 Å². The monoisotopic (exact) mass is 400 g/mol. The van der Waals surface area contributed by atoms with Crippen LogP contribution in [-0.2, 0) is 9.59 Å². The summed E-state index contributed by atoms with van der Waals surface area (Å²) in [6.45, 7) is 21.0. The van der Waals surface area contributed by atoms with Crippen molar-refractivity contribution < 1.29 is 9.59 Å². The average Bonchev–Trinajstić information content (AvgIpc) is 2.50. The van der Waals surface area contributed by atoms with Crippen LogP contribution in [-0.4, -0.2) is 11.6 Å². The molecule has 0 bridgehead atoms. The Kier molecular flexibility index (Phi) is 26.2. The van der Waals surface area contributed by atoms with Gasteiger partial charge in [-0.05, 0) is 50.4 Å². The first kappa shape index (κ1) is 34.8. The van der Waals surface area contributed by atoms with Crippen molar-refractivity contribution in [2.45, 2.75) is 147 Å². The van der Waals surface area contributed by atoms with Crippen molar-refractivity contribution in [3.63, 3.8) is 0 Å². The minimum Gasteiger partial charge on any atom is -0.300 e. The van der Waals surface area contributed by atoms with E-state index in [1.807, 2.05) is 13.8 Å². The van der Waals surface area contributed by atoms with Crippen LogP contribution in [0.2, 0.25) is 0 Å². The first-order valence-corrected chi connectivity index (χ1v) is 11.3. The molecule has 172 valence electrons. The Morgan fingerprint density at radius 1 is 0.536 bits per heavy atom. The van der Waals surface area contributed by atoms with Gasteiger partial charge >= 0.3 is 0 Å². The Hall–Kier alpha value is -0.660. The highest BCUT2D eigenvalue weighted by Gasteiger charge is 2.09. The van der Waals surface area contributed by atoms with E-state index >= 15 is 0 Å². The SMILES string of the molecule is C.CC.CC(=O)CCCCCC(C)(C)C.CC(=O)CCCCCCC(C)(C)C. The highest BCUT2D eigenvalue weighted by Crippen LogP contribution is 2.23. The molecule has 0 heterocycles. The van der Waals surface area contributed by atoms with Gasteiger partial charge in [-0.15, -0.1) is 0 Å². The Balaban J connectivity index is -0.000000183. The van der Waals surface area contributed by atoms with Crippen LogP contribution in [0.15, 0.2) is 0 Å². The normalized spacial score (nSPS) is 10.6. The highest BCUT2D eigenvalue weighted by atomic mass is 16.1. The van der Waals surface area contributed by atoms with Crippen molar-refractivity contribution in [1.29, 1.82) is 0 Å². The lowest BCUT2D eigenvalue weighted by Gasteiger charge is -2.17. The number of Topliss-reactive ketones (excluding diaryl/α,β-unsaturated/α-hetero) is 2. The summed E-state index contributed by atoms with van der Waals surface area (Å²) in [5.41, 5.74) is 0.927. The fourth-order valence-electron chi connectivity index (χ4n) is 2.59. The zero-order chi connectivity index (χ0) is 21.9. The second-order valence-electron chi connectivity index (χ2n) is 10.0. The largest absolute Gasteiger partial charge is 0.300 e. The predicted molar refractivity (Wildman–Crippen MR) is 129 cm³/mol. The van der Waals surface area contributed by atoms with Crippen molar-refractivity contribution in [1.82, 2.24) is 0 Å². The highest BCUT2D eigenvalue weighted by molar-refractivity contribution is 5.75. The molecule has 2 heteroatoms. The number of unbranched alkanes of at least 4 members (excludes halogenated alkanes) is 5. The van der Waals surface area contributed by atoms with Gasteiger partial charge in [-0.2, -0.15) is 0 Å². The van der Waals surface area contributed by atoms with Crippen LogP contribution in [0.4, 0.5) is 0 Å². The molecule has 0 aliphatic carbocycles. The smallest absolute Gasteiger partial charge is 0.129 e. The summed E-state index contributed by atoms with van der Waals surface area (Å²) in [7, 11) is 0. The molecule has 2 nitrogen and oxygen atoms in total. The summed E-state index contributed by atoms with van der Waals surface area (Å²) in [6.07, 6.45) is 12.5. The quantitative estimate of drug-likeness (QED) is 0.324. The number of ketones is 2. The van der Waals surface area contributed by atoms with E-state index in [0.29, 0.717) is 22.4 Å². The van der Waals surface area contributed by atoms with E-state index in [9.17, 15) is 9.59 Å². The van der Waals surface area contributed by atoms with Gasteiger partial charge in [0, 0.05) is 12.8 Å². The summed E-state index contributed by atoms with van der Waals surface area (Å²) >= 11 is 0. The predicted octanol–water partition coefficient (Wildman–Crippen LogP) is 9.20. The van der Waals surface area contributed by atoms with Crippen LogP contribution in [0.3, 0.4) is 0 Å². The second kappa shape index (κ2) is 21.1. The molecule has 0 rings (SSSR count). The molecule has 0 aromatic heterocycles. The Labute approximate surface area is 179 Å². The third kappa shape index (κ3) is 44.6. The van der Waals surface area contributed by atoms with E-state index in [2.05, 4.69) is 41.5 Å². The van der Waals surface area contributed by atoms with E-state index in [0.717, 1.165) is 25.7 Å². The summed E-state index contributed by atoms with van der Waals surface area (Å²) in [6, 6.07) is 0. The standard InChI is InChI=1S/C12H24O.C11H22O.C2H6.CH4/c1-11(13)9-7-5-6-8-10-12(2,3)4;1-10(12)8-6-5-7-9-11(2,3)4;1-2;/h5-10H2,1-4H3;5-9H2,1-4H3;1-2H3;1H4. The summed E-state index contributed by atoms with van der Waals surface area (Å²) in [5.74, 6) is 0.654. The van der Waals surface area contributed by atoms with Gasteiger partial charge in [-0.3, -0.25) is 0 Å². The number of carbonyl (C=O) groups excluding carboxylic acids is 2. The van der Waals surface area contributed by atoms with Crippen LogP contribution in [0.25, 0.3) is 0 Å². The van der Waals surface area contributed by atoms with Crippen molar-refractivity contribution in [3.8, 4) is 0 Å². The van der Waals surface area contributed by atoms with E-state index < -0.39 is 0 Å². The van der Waals surface area contributed by atoms with Crippen LogP contribution < -0.4 is 0 Å². The molecule has 0 radical (unpaired) electrons. The molecule has 0 aliphatic rings. The molecule has 0 saturated heterocycles. The van der Waals surface area contributed by atoms with Gasteiger partial charge in [-0.1, -0.05) is 94.9 Å². The first-order chi connectivity index (χ1) is 12.3. The summed E-state index contributed by atoms with van der Waals surface area (Å²) in [4.78, 5) is 21.2. The molecule has 0 unspecified atom stereocenters. The average molecular weight is 401 g/mol. The fourth-order valence-corrected chi connectivity index (χ4v) is 2.59. The van der Waals surface area contributed by atoms with E-state index in [-0.39, 0.29) is 7.43 Å². The maximum Gasteiger partial charge on any atom is 0.129 e. The molecule has 0 aliphatic heterocycles. The van der Waals surface area contributed by atoms with Gasteiger partial charge in [0.05, 0.1) is 0 Å². The van der Waals surface area contributed by atoms with Crippen molar-refractivity contribution >= 4 is 11.6 Å². The van der Waals surface area contributed by atoms with Gasteiger partial charge in [0.15, 0.2) is 0 Å².